The lowest BCUT2D eigenvalue weighted by Crippen LogP contribution is -2.46. The molecule has 0 aliphatic carbocycles. The molecule has 1 aliphatic rings. The van der Waals surface area contributed by atoms with Crippen LogP contribution in [-0.2, 0) is 19.7 Å². The average Bonchev–Trinajstić information content (AvgIpc) is 3.28. The molecule has 2 N–H and O–H groups in total. The first-order valence-electron chi connectivity index (χ1n) is 9.01. The zero-order chi connectivity index (χ0) is 20.0. The second kappa shape index (κ2) is 9.07. The zero-order valence-corrected chi connectivity index (χ0v) is 16.8. The molecule has 1 aromatic heterocycles. The van der Waals surface area contributed by atoms with Crippen LogP contribution in [0.3, 0.4) is 0 Å². The van der Waals surface area contributed by atoms with Gasteiger partial charge in [0.1, 0.15) is 11.5 Å². The summed E-state index contributed by atoms with van der Waals surface area (Å²) in [5.41, 5.74) is 0.178. The van der Waals surface area contributed by atoms with Crippen molar-refractivity contribution in [3.63, 3.8) is 0 Å². The molecule has 0 atom stereocenters. The van der Waals surface area contributed by atoms with Gasteiger partial charge in [-0.25, -0.2) is 0 Å². The predicted octanol–water partition coefficient (Wildman–Crippen LogP) is 2.57. The van der Waals surface area contributed by atoms with Crippen LogP contribution in [0.2, 0.25) is 0 Å². The second-order valence-electron chi connectivity index (χ2n) is 6.57. The van der Waals surface area contributed by atoms with E-state index < -0.39 is 11.8 Å². The summed E-state index contributed by atoms with van der Waals surface area (Å²) in [7, 11) is 3.02. The number of hydrogen-bond donors (Lipinski definition) is 2. The summed E-state index contributed by atoms with van der Waals surface area (Å²) in [5, 5.41) is 7.41. The molecule has 28 heavy (non-hydrogen) atoms. The largest absolute Gasteiger partial charge is 0.497 e. The molecule has 2 heterocycles. The van der Waals surface area contributed by atoms with Crippen LogP contribution < -0.4 is 20.1 Å². The molecule has 0 unspecified atom stereocenters. The molecule has 1 aromatic carbocycles. The normalized spacial score (nSPS) is 15.5. The van der Waals surface area contributed by atoms with Gasteiger partial charge in [-0.2, -0.15) is 0 Å². The molecule has 0 radical (unpaired) electrons. The average molecular weight is 404 g/mol. The van der Waals surface area contributed by atoms with Crippen LogP contribution in [0.25, 0.3) is 0 Å². The lowest BCUT2D eigenvalue weighted by molar-refractivity contribution is -0.136. The Kier molecular flexibility index (Phi) is 6.53. The topological polar surface area (TPSA) is 85.9 Å². The number of ether oxygens (including phenoxy) is 3. The number of carbonyl (C=O) groups excluding carboxylic acids is 2. The maximum atomic E-state index is 12.4. The van der Waals surface area contributed by atoms with E-state index >= 15 is 0 Å². The predicted molar refractivity (Wildman–Crippen MR) is 107 cm³/mol. The van der Waals surface area contributed by atoms with Gasteiger partial charge in [0.25, 0.3) is 0 Å². The third kappa shape index (κ3) is 4.45. The highest BCUT2D eigenvalue weighted by Gasteiger charge is 2.36. The highest BCUT2D eigenvalue weighted by atomic mass is 32.1. The van der Waals surface area contributed by atoms with Gasteiger partial charge in [-0.15, -0.1) is 11.3 Å². The summed E-state index contributed by atoms with van der Waals surface area (Å²) in [6.07, 6.45) is 1.61. The van der Waals surface area contributed by atoms with E-state index in [1.54, 1.807) is 29.5 Å². The van der Waals surface area contributed by atoms with E-state index in [1.165, 1.54) is 19.1 Å². The minimum atomic E-state index is -0.750. The molecule has 0 bridgehead atoms. The number of rotatable bonds is 6. The van der Waals surface area contributed by atoms with Crippen LogP contribution >= 0.6 is 11.3 Å². The van der Waals surface area contributed by atoms with Crippen LogP contribution in [0.1, 0.15) is 17.7 Å². The number of anilines is 1. The number of methoxy groups -OCH3 is 2. The Balaban J connectivity index is 1.66. The van der Waals surface area contributed by atoms with Crippen LogP contribution in [0, 0.1) is 0 Å². The van der Waals surface area contributed by atoms with Gasteiger partial charge in [-0.3, -0.25) is 9.59 Å². The Bertz CT molecular complexity index is 816. The van der Waals surface area contributed by atoms with Crippen molar-refractivity contribution in [1.29, 1.82) is 0 Å². The molecule has 8 heteroatoms. The minimum absolute atomic E-state index is 0.198. The molecule has 1 fully saturated rings. The number of carbonyl (C=O) groups is 2. The summed E-state index contributed by atoms with van der Waals surface area (Å²) < 4.78 is 15.9. The Labute approximate surface area is 168 Å². The van der Waals surface area contributed by atoms with E-state index in [4.69, 9.17) is 14.2 Å². The Morgan fingerprint density at radius 3 is 2.57 bits per heavy atom. The first-order chi connectivity index (χ1) is 13.6. The van der Waals surface area contributed by atoms with Crippen molar-refractivity contribution >= 4 is 28.8 Å². The summed E-state index contributed by atoms with van der Waals surface area (Å²) in [6, 6.07) is 9.06. The van der Waals surface area contributed by atoms with Gasteiger partial charge in [-0.05, 0) is 36.4 Å². The fraction of sp³-hybridized carbons (Fsp3) is 0.400. The second-order valence-corrected chi connectivity index (χ2v) is 7.52. The third-order valence-electron chi connectivity index (χ3n) is 4.94. The van der Waals surface area contributed by atoms with Crippen molar-refractivity contribution in [3.05, 3.63) is 40.6 Å². The Hall–Kier alpha value is -2.58. The number of thiophene rings is 1. The van der Waals surface area contributed by atoms with Crippen molar-refractivity contribution in [2.75, 3.05) is 39.3 Å². The first kappa shape index (κ1) is 20.2. The molecule has 3 rings (SSSR count). The molecule has 0 spiro atoms. The molecule has 7 nitrogen and oxygen atoms in total. The van der Waals surface area contributed by atoms with Gasteiger partial charge in [0, 0.05) is 36.1 Å². The number of hydrogen-bond acceptors (Lipinski definition) is 6. The molecule has 0 saturated carbocycles. The van der Waals surface area contributed by atoms with Gasteiger partial charge in [0.2, 0.25) is 0 Å². The summed E-state index contributed by atoms with van der Waals surface area (Å²) in [6.45, 7) is 1.67. The molecule has 150 valence electrons. The monoisotopic (exact) mass is 404 g/mol. The standard InChI is InChI=1S/C20H24N2O5S/c1-25-14-5-6-16(26-2)15(12-14)22-19(24)18(23)21-13-20(7-9-27-10-8-20)17-4-3-11-28-17/h3-6,11-12H,7-10,13H2,1-2H3,(H,21,23)(H,22,24). The Morgan fingerprint density at radius 2 is 1.93 bits per heavy atom. The van der Waals surface area contributed by atoms with Crippen molar-refractivity contribution in [2.45, 2.75) is 18.3 Å². The molecule has 2 amide bonds. The van der Waals surface area contributed by atoms with Crippen molar-refractivity contribution < 1.29 is 23.8 Å². The molecular formula is C20H24N2O5S. The molecular weight excluding hydrogens is 380 g/mol. The van der Waals surface area contributed by atoms with Crippen LogP contribution in [0.4, 0.5) is 5.69 Å². The molecule has 2 aromatic rings. The van der Waals surface area contributed by atoms with Crippen molar-refractivity contribution in [2.24, 2.45) is 0 Å². The highest BCUT2D eigenvalue weighted by molar-refractivity contribution is 7.10. The van der Waals surface area contributed by atoms with Gasteiger partial charge in [-0.1, -0.05) is 6.07 Å². The third-order valence-corrected chi connectivity index (χ3v) is 6.06. The number of benzene rings is 1. The number of nitrogens with one attached hydrogen (secondary N) is 2. The van der Waals surface area contributed by atoms with E-state index in [2.05, 4.69) is 16.7 Å². The zero-order valence-electron chi connectivity index (χ0n) is 15.9. The fourth-order valence-electron chi connectivity index (χ4n) is 3.27. The van der Waals surface area contributed by atoms with E-state index in [0.717, 1.165) is 12.8 Å². The SMILES string of the molecule is COc1ccc(OC)c(NC(=O)C(=O)NCC2(c3cccs3)CCOCC2)c1. The summed E-state index contributed by atoms with van der Waals surface area (Å²) in [5.74, 6) is -0.441. The van der Waals surface area contributed by atoms with E-state index in [-0.39, 0.29) is 5.41 Å². The maximum absolute atomic E-state index is 12.4. The van der Waals surface area contributed by atoms with Crippen molar-refractivity contribution in [3.8, 4) is 11.5 Å². The quantitative estimate of drug-likeness (QED) is 0.723. The van der Waals surface area contributed by atoms with E-state index in [9.17, 15) is 9.59 Å². The van der Waals surface area contributed by atoms with Gasteiger partial charge < -0.3 is 24.8 Å². The maximum Gasteiger partial charge on any atom is 0.313 e. The highest BCUT2D eigenvalue weighted by Crippen LogP contribution is 2.37. The van der Waals surface area contributed by atoms with E-state index in [0.29, 0.717) is 36.9 Å². The van der Waals surface area contributed by atoms with Gasteiger partial charge in [0.05, 0.1) is 19.9 Å². The molecule has 1 saturated heterocycles. The summed E-state index contributed by atoms with van der Waals surface area (Å²) >= 11 is 1.66. The number of amides is 2. The first-order valence-corrected chi connectivity index (χ1v) is 9.89. The smallest absolute Gasteiger partial charge is 0.313 e. The Morgan fingerprint density at radius 1 is 1.14 bits per heavy atom. The lowest BCUT2D eigenvalue weighted by Gasteiger charge is -2.36. The van der Waals surface area contributed by atoms with Gasteiger partial charge >= 0.3 is 11.8 Å². The lowest BCUT2D eigenvalue weighted by atomic mass is 9.78. The van der Waals surface area contributed by atoms with E-state index in [1.807, 2.05) is 11.4 Å². The van der Waals surface area contributed by atoms with Gasteiger partial charge in [0.15, 0.2) is 0 Å². The van der Waals surface area contributed by atoms with Crippen LogP contribution in [0.15, 0.2) is 35.7 Å². The summed E-state index contributed by atoms with van der Waals surface area (Å²) in [4.78, 5) is 26.0. The minimum Gasteiger partial charge on any atom is -0.497 e. The van der Waals surface area contributed by atoms with Crippen molar-refractivity contribution in [1.82, 2.24) is 5.32 Å². The van der Waals surface area contributed by atoms with Crippen LogP contribution in [0.5, 0.6) is 11.5 Å². The fourth-order valence-corrected chi connectivity index (χ4v) is 4.26. The molecule has 1 aliphatic heterocycles. The van der Waals surface area contributed by atoms with Crippen LogP contribution in [-0.4, -0.2) is 45.8 Å².